The minimum Gasteiger partial charge on any atom is -0.350 e. The molecule has 0 saturated heterocycles. The molecule has 0 heterocycles. The van der Waals surface area contributed by atoms with Gasteiger partial charge in [0.15, 0.2) is 0 Å². The number of likely N-dealkylation sites (N-methyl/N-ethyl adjacent to an activating group) is 1. The number of carbonyl (C=O) groups excluding carboxylic acids is 1. The van der Waals surface area contributed by atoms with Crippen molar-refractivity contribution in [3.8, 4) is 0 Å². The second-order valence-corrected chi connectivity index (χ2v) is 4.79. The SMILES string of the molecule is CNC(C)CNC(=O)c1ccc(Br)c(Cl)c1. The van der Waals surface area contributed by atoms with Crippen LogP contribution in [0.5, 0.6) is 0 Å². The quantitative estimate of drug-likeness (QED) is 0.897. The van der Waals surface area contributed by atoms with Crippen LogP contribution in [0.25, 0.3) is 0 Å². The van der Waals surface area contributed by atoms with Crippen LogP contribution >= 0.6 is 27.5 Å². The molecule has 88 valence electrons. The summed E-state index contributed by atoms with van der Waals surface area (Å²) in [6.07, 6.45) is 0. The largest absolute Gasteiger partial charge is 0.350 e. The van der Waals surface area contributed by atoms with Crippen molar-refractivity contribution in [3.05, 3.63) is 33.3 Å². The summed E-state index contributed by atoms with van der Waals surface area (Å²) in [6, 6.07) is 5.38. The van der Waals surface area contributed by atoms with Crippen molar-refractivity contribution in [1.82, 2.24) is 10.6 Å². The summed E-state index contributed by atoms with van der Waals surface area (Å²) in [4.78, 5) is 11.7. The first-order valence-electron chi connectivity index (χ1n) is 4.95. The van der Waals surface area contributed by atoms with Crippen molar-refractivity contribution in [2.75, 3.05) is 13.6 Å². The van der Waals surface area contributed by atoms with Gasteiger partial charge in [0, 0.05) is 22.6 Å². The molecule has 3 nitrogen and oxygen atoms in total. The highest BCUT2D eigenvalue weighted by Crippen LogP contribution is 2.22. The summed E-state index contributed by atoms with van der Waals surface area (Å²) >= 11 is 9.19. The fraction of sp³-hybridized carbons (Fsp3) is 0.364. The number of hydrogen-bond acceptors (Lipinski definition) is 2. The Kier molecular flexibility index (Phi) is 5.25. The molecule has 0 saturated carbocycles. The van der Waals surface area contributed by atoms with Crippen molar-refractivity contribution in [2.45, 2.75) is 13.0 Å². The van der Waals surface area contributed by atoms with Gasteiger partial charge in [0.05, 0.1) is 5.02 Å². The van der Waals surface area contributed by atoms with Gasteiger partial charge in [0.1, 0.15) is 0 Å². The van der Waals surface area contributed by atoms with E-state index in [9.17, 15) is 4.79 Å². The molecule has 0 bridgehead atoms. The summed E-state index contributed by atoms with van der Waals surface area (Å²) in [6.45, 7) is 2.58. The van der Waals surface area contributed by atoms with E-state index in [1.807, 2.05) is 14.0 Å². The van der Waals surface area contributed by atoms with Crippen LogP contribution in [-0.2, 0) is 0 Å². The van der Waals surface area contributed by atoms with E-state index in [4.69, 9.17) is 11.6 Å². The molecule has 0 aliphatic heterocycles. The van der Waals surface area contributed by atoms with E-state index in [0.29, 0.717) is 17.1 Å². The molecule has 2 N–H and O–H groups in total. The van der Waals surface area contributed by atoms with Gasteiger partial charge in [-0.15, -0.1) is 0 Å². The zero-order valence-corrected chi connectivity index (χ0v) is 11.5. The van der Waals surface area contributed by atoms with E-state index in [-0.39, 0.29) is 11.9 Å². The monoisotopic (exact) mass is 304 g/mol. The van der Waals surface area contributed by atoms with Crippen LogP contribution in [0.2, 0.25) is 5.02 Å². The van der Waals surface area contributed by atoms with Crippen LogP contribution in [0.3, 0.4) is 0 Å². The molecule has 0 spiro atoms. The predicted molar refractivity (Wildman–Crippen MR) is 70.0 cm³/mol. The third kappa shape index (κ3) is 3.77. The number of benzene rings is 1. The van der Waals surface area contributed by atoms with Crippen molar-refractivity contribution in [3.63, 3.8) is 0 Å². The molecule has 1 amide bonds. The number of carbonyl (C=O) groups is 1. The first kappa shape index (κ1) is 13.5. The molecule has 0 aliphatic carbocycles. The average Bonchev–Trinajstić information content (AvgIpc) is 2.29. The van der Waals surface area contributed by atoms with Crippen LogP contribution < -0.4 is 10.6 Å². The highest BCUT2D eigenvalue weighted by Gasteiger charge is 2.08. The normalized spacial score (nSPS) is 12.2. The lowest BCUT2D eigenvalue weighted by Crippen LogP contribution is -2.37. The Morgan fingerprint density at radius 3 is 2.81 bits per heavy atom. The van der Waals surface area contributed by atoms with Crippen LogP contribution in [0.4, 0.5) is 0 Å². The van der Waals surface area contributed by atoms with Crippen LogP contribution in [-0.4, -0.2) is 25.5 Å². The Hall–Kier alpha value is -0.580. The Balaban J connectivity index is 2.63. The second kappa shape index (κ2) is 6.23. The Labute approximate surface area is 109 Å². The molecular weight excluding hydrogens is 291 g/mol. The molecule has 0 aromatic heterocycles. The van der Waals surface area contributed by atoms with Gasteiger partial charge in [0.25, 0.3) is 5.91 Å². The van der Waals surface area contributed by atoms with Crippen LogP contribution in [0.15, 0.2) is 22.7 Å². The van der Waals surface area contributed by atoms with Gasteiger partial charge in [-0.25, -0.2) is 0 Å². The molecule has 0 fully saturated rings. The molecular formula is C11H14BrClN2O. The maximum absolute atomic E-state index is 11.7. The maximum Gasteiger partial charge on any atom is 0.251 e. The zero-order valence-electron chi connectivity index (χ0n) is 9.18. The molecule has 16 heavy (non-hydrogen) atoms. The fourth-order valence-electron chi connectivity index (χ4n) is 1.09. The highest BCUT2D eigenvalue weighted by atomic mass is 79.9. The van der Waals surface area contributed by atoms with Crippen LogP contribution in [0, 0.1) is 0 Å². The molecule has 1 aromatic carbocycles. The smallest absolute Gasteiger partial charge is 0.251 e. The number of rotatable bonds is 4. The first-order chi connectivity index (χ1) is 7.54. The fourth-order valence-corrected chi connectivity index (χ4v) is 1.51. The summed E-state index contributed by atoms with van der Waals surface area (Å²) in [7, 11) is 1.85. The number of amides is 1. The van der Waals surface area contributed by atoms with Gasteiger partial charge in [0.2, 0.25) is 0 Å². The summed E-state index contributed by atoms with van der Waals surface area (Å²) in [5, 5.41) is 6.40. The first-order valence-corrected chi connectivity index (χ1v) is 6.12. The minimum atomic E-state index is -0.114. The minimum absolute atomic E-state index is 0.114. The standard InChI is InChI=1S/C11H14BrClN2O/c1-7(14-2)6-15-11(16)8-3-4-9(12)10(13)5-8/h3-5,7,14H,6H2,1-2H3,(H,15,16). The average molecular weight is 306 g/mol. The number of nitrogens with one attached hydrogen (secondary N) is 2. The highest BCUT2D eigenvalue weighted by molar-refractivity contribution is 9.10. The van der Waals surface area contributed by atoms with Gasteiger partial charge < -0.3 is 10.6 Å². The summed E-state index contributed by atoms with van der Waals surface area (Å²) < 4.78 is 0.786. The van der Waals surface area contributed by atoms with Gasteiger partial charge in [-0.05, 0) is 48.1 Å². The zero-order chi connectivity index (χ0) is 12.1. The van der Waals surface area contributed by atoms with Crippen LogP contribution in [0.1, 0.15) is 17.3 Å². The molecule has 0 radical (unpaired) electrons. The molecule has 1 unspecified atom stereocenters. The van der Waals surface area contributed by atoms with Crippen molar-refractivity contribution in [1.29, 1.82) is 0 Å². The topological polar surface area (TPSA) is 41.1 Å². The van der Waals surface area contributed by atoms with E-state index in [0.717, 1.165) is 4.47 Å². The van der Waals surface area contributed by atoms with E-state index < -0.39 is 0 Å². The van der Waals surface area contributed by atoms with E-state index in [1.54, 1.807) is 18.2 Å². The maximum atomic E-state index is 11.7. The molecule has 1 rings (SSSR count). The number of halogens is 2. The predicted octanol–water partition coefficient (Wildman–Crippen LogP) is 2.44. The van der Waals surface area contributed by atoms with Crippen molar-refractivity contribution < 1.29 is 4.79 Å². The molecule has 1 aromatic rings. The third-order valence-electron chi connectivity index (χ3n) is 2.24. The lowest BCUT2D eigenvalue weighted by molar-refractivity contribution is 0.0950. The summed E-state index contributed by atoms with van der Waals surface area (Å²) in [5.74, 6) is -0.114. The van der Waals surface area contributed by atoms with E-state index in [1.165, 1.54) is 0 Å². The van der Waals surface area contributed by atoms with E-state index in [2.05, 4.69) is 26.6 Å². The lowest BCUT2D eigenvalue weighted by atomic mass is 10.2. The lowest BCUT2D eigenvalue weighted by Gasteiger charge is -2.11. The van der Waals surface area contributed by atoms with Crippen molar-refractivity contribution >= 4 is 33.4 Å². The number of hydrogen-bond donors (Lipinski definition) is 2. The second-order valence-electron chi connectivity index (χ2n) is 3.53. The molecule has 0 aliphatic rings. The van der Waals surface area contributed by atoms with Gasteiger partial charge in [-0.2, -0.15) is 0 Å². The van der Waals surface area contributed by atoms with Gasteiger partial charge in [-0.1, -0.05) is 11.6 Å². The Bertz CT molecular complexity index is 384. The van der Waals surface area contributed by atoms with Gasteiger partial charge >= 0.3 is 0 Å². The Morgan fingerprint density at radius 2 is 2.25 bits per heavy atom. The third-order valence-corrected chi connectivity index (χ3v) is 3.48. The molecule has 5 heteroatoms. The van der Waals surface area contributed by atoms with Crippen molar-refractivity contribution in [2.24, 2.45) is 0 Å². The Morgan fingerprint density at radius 1 is 1.56 bits per heavy atom. The molecule has 1 atom stereocenters. The van der Waals surface area contributed by atoms with Gasteiger partial charge in [-0.3, -0.25) is 4.79 Å². The van der Waals surface area contributed by atoms with E-state index >= 15 is 0 Å². The summed E-state index contributed by atoms with van der Waals surface area (Å²) in [5.41, 5.74) is 0.566.